The molecule has 1 heterocycles. The molecular weight excluding hydrogens is 240 g/mol. The number of rotatable bonds is 4. The molecule has 0 radical (unpaired) electrons. The van der Waals surface area contributed by atoms with Gasteiger partial charge in [-0.2, -0.15) is 0 Å². The van der Waals surface area contributed by atoms with E-state index in [1.165, 1.54) is 16.0 Å². The van der Waals surface area contributed by atoms with Gasteiger partial charge in [0.05, 0.1) is 0 Å². The molecule has 1 aromatic heterocycles. The monoisotopic (exact) mass is 258 g/mol. The van der Waals surface area contributed by atoms with Gasteiger partial charge in [-0.15, -0.1) is 11.8 Å². The average molecular weight is 258 g/mol. The predicted octanol–water partition coefficient (Wildman–Crippen LogP) is 3.61. The van der Waals surface area contributed by atoms with E-state index in [4.69, 9.17) is 5.73 Å². The van der Waals surface area contributed by atoms with Crippen LogP contribution in [0, 0.1) is 0 Å². The summed E-state index contributed by atoms with van der Waals surface area (Å²) in [4.78, 5) is 5.31. The van der Waals surface area contributed by atoms with Gasteiger partial charge in [0.15, 0.2) is 0 Å². The van der Waals surface area contributed by atoms with Crippen LogP contribution in [0.3, 0.4) is 0 Å². The summed E-state index contributed by atoms with van der Waals surface area (Å²) < 4.78 is 0. The summed E-state index contributed by atoms with van der Waals surface area (Å²) in [7, 11) is 0. The van der Waals surface area contributed by atoms with E-state index >= 15 is 0 Å². The Bertz CT molecular complexity index is 482. The maximum Gasteiger partial charge on any atom is 0.0361 e. The van der Waals surface area contributed by atoms with Crippen LogP contribution in [-0.4, -0.2) is 11.2 Å². The second-order valence-electron chi connectivity index (χ2n) is 4.37. The molecule has 0 bridgehead atoms. The smallest absolute Gasteiger partial charge is 0.0361 e. The summed E-state index contributed by atoms with van der Waals surface area (Å²) in [5.41, 5.74) is 8.74. The molecule has 2 aromatic rings. The summed E-state index contributed by atoms with van der Waals surface area (Å²) in [6.07, 6.45) is 5.71. The van der Waals surface area contributed by atoms with Crippen molar-refractivity contribution in [2.24, 2.45) is 5.73 Å². The van der Waals surface area contributed by atoms with Crippen molar-refractivity contribution in [2.75, 3.05) is 6.26 Å². The lowest BCUT2D eigenvalue weighted by molar-refractivity contribution is 0.597. The number of nitrogens with two attached hydrogens (primary N) is 1. The van der Waals surface area contributed by atoms with Crippen LogP contribution in [0.25, 0.3) is 0 Å². The first kappa shape index (κ1) is 13.1. The Labute approximate surface area is 113 Å². The molecule has 0 spiro atoms. The Balaban J connectivity index is 2.17. The number of hydrogen-bond donors (Lipinski definition) is 1. The van der Waals surface area contributed by atoms with Crippen LogP contribution < -0.4 is 5.73 Å². The molecular formula is C15H18N2S. The summed E-state index contributed by atoms with van der Waals surface area (Å²) in [6.45, 7) is 2.16. The third-order valence-electron chi connectivity index (χ3n) is 3.27. The Hall–Kier alpha value is -1.32. The molecule has 0 saturated heterocycles. The standard InChI is InChI=1S/C15H18N2S/c1-11(12-7-9-17-10-8-12)15(16)13-3-5-14(18-2)6-4-13/h3-11,15H,16H2,1-2H3. The van der Waals surface area contributed by atoms with E-state index < -0.39 is 0 Å². The van der Waals surface area contributed by atoms with Crippen LogP contribution in [0.1, 0.15) is 30.0 Å². The van der Waals surface area contributed by atoms with Crippen molar-refractivity contribution < 1.29 is 0 Å². The topological polar surface area (TPSA) is 38.9 Å². The molecule has 2 N–H and O–H groups in total. The first-order valence-corrected chi connectivity index (χ1v) is 7.24. The van der Waals surface area contributed by atoms with Crippen molar-refractivity contribution in [1.82, 2.24) is 4.98 Å². The lowest BCUT2D eigenvalue weighted by atomic mass is 9.90. The van der Waals surface area contributed by atoms with Gasteiger partial charge in [0.25, 0.3) is 0 Å². The largest absolute Gasteiger partial charge is 0.323 e. The number of thioether (sulfide) groups is 1. The number of pyridine rings is 1. The van der Waals surface area contributed by atoms with E-state index in [0.717, 1.165) is 0 Å². The van der Waals surface area contributed by atoms with Crippen molar-refractivity contribution in [2.45, 2.75) is 23.8 Å². The lowest BCUT2D eigenvalue weighted by Crippen LogP contribution is -2.17. The molecule has 2 atom stereocenters. The Morgan fingerprint density at radius 3 is 2.17 bits per heavy atom. The van der Waals surface area contributed by atoms with Crippen LogP contribution in [-0.2, 0) is 0 Å². The minimum absolute atomic E-state index is 0.0170. The van der Waals surface area contributed by atoms with Crippen molar-refractivity contribution in [1.29, 1.82) is 0 Å². The Kier molecular flexibility index (Phi) is 4.39. The fraction of sp³-hybridized carbons (Fsp3) is 0.267. The fourth-order valence-electron chi connectivity index (χ4n) is 1.99. The number of benzene rings is 1. The molecule has 3 heteroatoms. The van der Waals surface area contributed by atoms with Crippen molar-refractivity contribution in [3.63, 3.8) is 0 Å². The van der Waals surface area contributed by atoms with E-state index in [0.29, 0.717) is 0 Å². The van der Waals surface area contributed by atoms with E-state index in [9.17, 15) is 0 Å². The highest BCUT2D eigenvalue weighted by Crippen LogP contribution is 2.29. The first-order chi connectivity index (χ1) is 8.72. The molecule has 0 fully saturated rings. The highest BCUT2D eigenvalue weighted by atomic mass is 32.2. The molecule has 0 aliphatic rings. The highest BCUT2D eigenvalue weighted by Gasteiger charge is 2.16. The molecule has 0 amide bonds. The van der Waals surface area contributed by atoms with Crippen LogP contribution in [0.15, 0.2) is 53.7 Å². The molecule has 18 heavy (non-hydrogen) atoms. The molecule has 2 unspecified atom stereocenters. The van der Waals surface area contributed by atoms with Gasteiger partial charge in [-0.05, 0) is 41.6 Å². The second kappa shape index (κ2) is 6.03. The SMILES string of the molecule is CSc1ccc(C(N)C(C)c2ccncc2)cc1. The van der Waals surface area contributed by atoms with Gasteiger partial charge in [0, 0.05) is 29.2 Å². The van der Waals surface area contributed by atoms with Gasteiger partial charge >= 0.3 is 0 Å². The van der Waals surface area contributed by atoms with Crippen LogP contribution in [0.4, 0.5) is 0 Å². The predicted molar refractivity (Wildman–Crippen MR) is 77.8 cm³/mol. The van der Waals surface area contributed by atoms with Crippen molar-refractivity contribution >= 4 is 11.8 Å². The zero-order valence-electron chi connectivity index (χ0n) is 10.7. The minimum Gasteiger partial charge on any atom is -0.323 e. The van der Waals surface area contributed by atoms with Crippen molar-refractivity contribution in [3.05, 3.63) is 59.9 Å². The number of aromatic nitrogens is 1. The van der Waals surface area contributed by atoms with Gasteiger partial charge < -0.3 is 5.73 Å². The average Bonchev–Trinajstić information content (AvgIpc) is 2.47. The molecule has 2 rings (SSSR count). The van der Waals surface area contributed by atoms with Gasteiger partial charge in [-0.25, -0.2) is 0 Å². The fourth-order valence-corrected chi connectivity index (χ4v) is 2.40. The van der Waals surface area contributed by atoms with Gasteiger partial charge in [-0.3, -0.25) is 4.98 Å². The molecule has 94 valence electrons. The maximum absolute atomic E-state index is 6.33. The maximum atomic E-state index is 6.33. The number of nitrogens with zero attached hydrogens (tertiary/aromatic N) is 1. The molecule has 0 aliphatic heterocycles. The van der Waals surface area contributed by atoms with E-state index in [1.54, 1.807) is 11.8 Å². The molecule has 1 aromatic carbocycles. The zero-order valence-corrected chi connectivity index (χ0v) is 11.5. The van der Waals surface area contributed by atoms with Gasteiger partial charge in [0.2, 0.25) is 0 Å². The third-order valence-corrected chi connectivity index (χ3v) is 4.01. The van der Waals surface area contributed by atoms with E-state index in [1.807, 2.05) is 24.5 Å². The highest BCUT2D eigenvalue weighted by molar-refractivity contribution is 7.98. The van der Waals surface area contributed by atoms with E-state index in [2.05, 4.69) is 42.4 Å². The molecule has 0 saturated carbocycles. The minimum atomic E-state index is 0.0170. The van der Waals surface area contributed by atoms with E-state index in [-0.39, 0.29) is 12.0 Å². The van der Waals surface area contributed by atoms with Crippen LogP contribution in [0.5, 0.6) is 0 Å². The van der Waals surface area contributed by atoms with Gasteiger partial charge in [0.1, 0.15) is 0 Å². The lowest BCUT2D eigenvalue weighted by Gasteiger charge is -2.20. The summed E-state index contributed by atoms with van der Waals surface area (Å²) in [5, 5.41) is 0. The van der Waals surface area contributed by atoms with Crippen LogP contribution in [0.2, 0.25) is 0 Å². The quantitative estimate of drug-likeness (QED) is 0.851. The molecule has 0 aliphatic carbocycles. The first-order valence-electron chi connectivity index (χ1n) is 6.02. The Morgan fingerprint density at radius 2 is 1.61 bits per heavy atom. The third kappa shape index (κ3) is 2.92. The molecule has 2 nitrogen and oxygen atoms in total. The normalized spacial score (nSPS) is 14.2. The summed E-state index contributed by atoms with van der Waals surface area (Å²) in [6, 6.07) is 12.6. The summed E-state index contributed by atoms with van der Waals surface area (Å²) >= 11 is 1.74. The van der Waals surface area contributed by atoms with Gasteiger partial charge in [-0.1, -0.05) is 19.1 Å². The number of hydrogen-bond acceptors (Lipinski definition) is 3. The van der Waals surface area contributed by atoms with Crippen molar-refractivity contribution in [3.8, 4) is 0 Å². The van der Waals surface area contributed by atoms with Crippen LogP contribution >= 0.6 is 11.8 Å². The summed E-state index contributed by atoms with van der Waals surface area (Å²) in [5.74, 6) is 0.285. The zero-order chi connectivity index (χ0) is 13.0. The Morgan fingerprint density at radius 1 is 1.00 bits per heavy atom. The second-order valence-corrected chi connectivity index (χ2v) is 5.25.